The number of thiocarbonyl (C=S) groups is 1. The van der Waals surface area contributed by atoms with Crippen molar-refractivity contribution in [1.82, 2.24) is 19.8 Å². The second-order valence-electron chi connectivity index (χ2n) is 9.88. The number of amides is 1. The number of hydrogen-bond donors (Lipinski definition) is 2. The minimum absolute atomic E-state index is 0.0347. The molecule has 0 saturated carbocycles. The fraction of sp³-hybridized carbons (Fsp3) is 0.258. The molecule has 194 valence electrons. The van der Waals surface area contributed by atoms with E-state index >= 15 is 0 Å². The molecule has 2 aromatic carbocycles. The van der Waals surface area contributed by atoms with Gasteiger partial charge in [0.25, 0.3) is 0 Å². The molecule has 4 aromatic rings. The van der Waals surface area contributed by atoms with Crippen LogP contribution in [-0.4, -0.2) is 32.0 Å². The summed E-state index contributed by atoms with van der Waals surface area (Å²) in [6, 6.07) is 24.2. The maximum atomic E-state index is 13.0. The molecule has 0 bridgehead atoms. The van der Waals surface area contributed by atoms with Gasteiger partial charge in [0.05, 0.1) is 17.8 Å². The van der Waals surface area contributed by atoms with Gasteiger partial charge in [-0.15, -0.1) is 0 Å². The predicted octanol–water partition coefficient (Wildman–Crippen LogP) is 6.11. The first-order valence-electron chi connectivity index (χ1n) is 12.9. The number of nitrogens with zero attached hydrogens (tertiary/aromatic N) is 3. The van der Waals surface area contributed by atoms with Gasteiger partial charge in [-0.25, -0.2) is 0 Å². The van der Waals surface area contributed by atoms with E-state index in [1.165, 1.54) is 16.8 Å². The number of pyridine rings is 1. The van der Waals surface area contributed by atoms with Crippen molar-refractivity contribution in [1.29, 1.82) is 0 Å². The molecule has 1 aliphatic rings. The lowest BCUT2D eigenvalue weighted by molar-refractivity contribution is -0.116. The molecule has 1 saturated heterocycles. The fourth-order valence-electron chi connectivity index (χ4n) is 5.40. The summed E-state index contributed by atoms with van der Waals surface area (Å²) in [5.41, 5.74) is 8.67. The number of hydrogen-bond acceptors (Lipinski definition) is 3. The van der Waals surface area contributed by atoms with Crippen molar-refractivity contribution in [3.63, 3.8) is 0 Å². The minimum atomic E-state index is -0.131. The highest BCUT2D eigenvalue weighted by Gasteiger charge is 2.41. The topological polar surface area (TPSA) is 62.2 Å². The molecule has 0 aliphatic carbocycles. The number of aryl methyl sites for hydroxylation is 3. The second-order valence-corrected chi connectivity index (χ2v) is 10.3. The monoisotopic (exact) mass is 523 g/mol. The lowest BCUT2D eigenvalue weighted by Gasteiger charge is -2.28. The zero-order valence-electron chi connectivity index (χ0n) is 22.2. The normalized spacial score (nSPS) is 16.9. The number of carbonyl (C=O) groups excluding carboxylic acids is 1. The first kappa shape index (κ1) is 25.7. The number of aromatic nitrogens is 2. The van der Waals surface area contributed by atoms with Crippen LogP contribution in [0, 0.1) is 27.7 Å². The molecule has 1 aliphatic heterocycles. The van der Waals surface area contributed by atoms with E-state index in [0.717, 1.165) is 28.3 Å². The molecule has 1 fully saturated rings. The van der Waals surface area contributed by atoms with Crippen LogP contribution in [0.4, 0.5) is 5.69 Å². The molecule has 0 spiro atoms. The zero-order valence-corrected chi connectivity index (χ0v) is 23.0. The molecular formula is C31H33N5OS. The second kappa shape index (κ2) is 10.8. The first-order valence-corrected chi connectivity index (χ1v) is 13.3. The van der Waals surface area contributed by atoms with Crippen molar-refractivity contribution < 1.29 is 4.79 Å². The number of para-hydroxylation sites is 2. The molecule has 5 rings (SSSR count). The van der Waals surface area contributed by atoms with Gasteiger partial charge < -0.3 is 20.1 Å². The molecule has 2 aromatic heterocycles. The van der Waals surface area contributed by atoms with Crippen LogP contribution in [0.5, 0.6) is 0 Å². The molecule has 6 nitrogen and oxygen atoms in total. The average Bonchev–Trinajstić information content (AvgIpc) is 3.39. The van der Waals surface area contributed by atoms with E-state index in [1.54, 1.807) is 0 Å². The highest BCUT2D eigenvalue weighted by Crippen LogP contribution is 2.41. The van der Waals surface area contributed by atoms with E-state index in [4.69, 9.17) is 12.2 Å². The standard InChI is InChI=1S/C31H33N5OS/c1-20-11-5-7-13-25(20)33-28(37)16-18-35-30(29(34-31(35)38)26-14-9-10-17-32-26)24-19-22(3)36(23(24)4)27-15-8-6-12-21(27)2/h5-15,17,19,29-30H,16,18H2,1-4H3,(H,33,37)(H,34,38)/t29-,30+/m1/s1. The molecule has 1 amide bonds. The zero-order chi connectivity index (χ0) is 26.8. The maximum Gasteiger partial charge on any atom is 0.226 e. The Bertz CT molecular complexity index is 1480. The third-order valence-electron chi connectivity index (χ3n) is 7.34. The van der Waals surface area contributed by atoms with Crippen LogP contribution in [0.15, 0.2) is 79.0 Å². The van der Waals surface area contributed by atoms with Crippen LogP contribution in [0.25, 0.3) is 5.69 Å². The molecule has 2 atom stereocenters. The van der Waals surface area contributed by atoms with Crippen LogP contribution in [0.1, 0.15) is 52.3 Å². The molecule has 38 heavy (non-hydrogen) atoms. The average molecular weight is 524 g/mol. The number of benzene rings is 2. The Morgan fingerprint density at radius 2 is 1.68 bits per heavy atom. The van der Waals surface area contributed by atoms with E-state index in [1.807, 2.05) is 55.6 Å². The lowest BCUT2D eigenvalue weighted by atomic mass is 9.96. The SMILES string of the molecule is Cc1ccccc1NC(=O)CCN1C(=S)N[C@H](c2ccccn2)[C@@H]1c1cc(C)n(-c2ccccc2C)c1C. The maximum absolute atomic E-state index is 13.0. The summed E-state index contributed by atoms with van der Waals surface area (Å²) in [6.07, 6.45) is 2.13. The van der Waals surface area contributed by atoms with Crippen LogP contribution in [0.2, 0.25) is 0 Å². The van der Waals surface area contributed by atoms with Gasteiger partial charge in [-0.3, -0.25) is 9.78 Å². The Morgan fingerprint density at radius 1 is 0.974 bits per heavy atom. The van der Waals surface area contributed by atoms with Gasteiger partial charge in [0.15, 0.2) is 5.11 Å². The van der Waals surface area contributed by atoms with Gasteiger partial charge in [0.2, 0.25) is 5.91 Å². The fourth-order valence-corrected chi connectivity index (χ4v) is 5.74. The van der Waals surface area contributed by atoms with E-state index in [0.29, 0.717) is 18.1 Å². The van der Waals surface area contributed by atoms with Crippen LogP contribution in [0.3, 0.4) is 0 Å². The summed E-state index contributed by atoms with van der Waals surface area (Å²) in [4.78, 5) is 19.8. The lowest BCUT2D eigenvalue weighted by Crippen LogP contribution is -2.33. The molecule has 3 heterocycles. The highest BCUT2D eigenvalue weighted by molar-refractivity contribution is 7.80. The van der Waals surface area contributed by atoms with Crippen molar-refractivity contribution in [3.8, 4) is 5.69 Å². The van der Waals surface area contributed by atoms with Gasteiger partial charge >= 0.3 is 0 Å². The molecule has 0 radical (unpaired) electrons. The Balaban J connectivity index is 1.48. The number of anilines is 1. The molecule has 7 heteroatoms. The largest absolute Gasteiger partial charge is 0.352 e. The van der Waals surface area contributed by atoms with E-state index in [-0.39, 0.29) is 18.0 Å². The van der Waals surface area contributed by atoms with Crippen LogP contribution < -0.4 is 10.6 Å². The van der Waals surface area contributed by atoms with Gasteiger partial charge in [0, 0.05) is 41.9 Å². The van der Waals surface area contributed by atoms with Crippen molar-refractivity contribution in [2.45, 2.75) is 46.2 Å². The van der Waals surface area contributed by atoms with Gasteiger partial charge in [-0.1, -0.05) is 42.5 Å². The summed E-state index contributed by atoms with van der Waals surface area (Å²) in [6.45, 7) is 8.92. The summed E-state index contributed by atoms with van der Waals surface area (Å²) in [7, 11) is 0. The number of nitrogens with one attached hydrogen (secondary N) is 2. The smallest absolute Gasteiger partial charge is 0.226 e. The highest BCUT2D eigenvalue weighted by atomic mass is 32.1. The van der Waals surface area contributed by atoms with Gasteiger partial charge in [0.1, 0.15) is 0 Å². The Labute approximate surface area is 229 Å². The van der Waals surface area contributed by atoms with Crippen molar-refractivity contribution in [2.75, 3.05) is 11.9 Å². The van der Waals surface area contributed by atoms with Gasteiger partial charge in [-0.2, -0.15) is 0 Å². The van der Waals surface area contributed by atoms with Gasteiger partial charge in [-0.05, 0) is 86.9 Å². The van der Waals surface area contributed by atoms with Crippen molar-refractivity contribution in [3.05, 3.63) is 113 Å². The third-order valence-corrected chi connectivity index (χ3v) is 7.69. The molecule has 2 N–H and O–H groups in total. The minimum Gasteiger partial charge on any atom is -0.352 e. The Kier molecular flexibility index (Phi) is 7.29. The van der Waals surface area contributed by atoms with Crippen LogP contribution in [-0.2, 0) is 4.79 Å². The Morgan fingerprint density at radius 3 is 2.39 bits per heavy atom. The summed E-state index contributed by atoms with van der Waals surface area (Å²) in [5.74, 6) is -0.0347. The summed E-state index contributed by atoms with van der Waals surface area (Å²) >= 11 is 5.84. The summed E-state index contributed by atoms with van der Waals surface area (Å²) in [5, 5.41) is 7.20. The third kappa shape index (κ3) is 4.94. The molecule has 0 unspecified atom stereocenters. The van der Waals surface area contributed by atoms with Crippen molar-refractivity contribution >= 4 is 28.9 Å². The number of rotatable bonds is 7. The van der Waals surface area contributed by atoms with Crippen molar-refractivity contribution in [2.24, 2.45) is 0 Å². The quantitative estimate of drug-likeness (QED) is 0.286. The first-order chi connectivity index (χ1) is 18.3. The van der Waals surface area contributed by atoms with E-state index < -0.39 is 0 Å². The van der Waals surface area contributed by atoms with E-state index in [2.05, 4.69) is 76.2 Å². The predicted molar refractivity (Wildman–Crippen MR) is 157 cm³/mol. The Hall–Kier alpha value is -3.97. The number of carbonyl (C=O) groups is 1. The molecular weight excluding hydrogens is 490 g/mol. The van der Waals surface area contributed by atoms with Crippen LogP contribution >= 0.6 is 12.2 Å². The summed E-state index contributed by atoms with van der Waals surface area (Å²) < 4.78 is 2.31. The van der Waals surface area contributed by atoms with E-state index in [9.17, 15) is 4.79 Å².